The molecule has 0 atom stereocenters. The van der Waals surface area contributed by atoms with Gasteiger partial charge < -0.3 is 9.52 Å². The molecule has 1 N–H and O–H groups in total. The maximum atomic E-state index is 10.9. The second kappa shape index (κ2) is 3.94. The van der Waals surface area contributed by atoms with Crippen LogP contribution >= 0.6 is 11.3 Å². The summed E-state index contributed by atoms with van der Waals surface area (Å²) < 4.78 is 5.13. The van der Waals surface area contributed by atoms with Gasteiger partial charge in [0.2, 0.25) is 0 Å². The van der Waals surface area contributed by atoms with Gasteiger partial charge in [-0.3, -0.25) is 4.79 Å². The van der Waals surface area contributed by atoms with Gasteiger partial charge in [-0.15, -0.1) is 11.3 Å². The summed E-state index contributed by atoms with van der Waals surface area (Å²) >= 11 is 1.31. The maximum Gasteiger partial charge on any atom is 0.339 e. The van der Waals surface area contributed by atoms with Crippen LogP contribution < -0.4 is 0 Å². The molecule has 0 aliphatic rings. The molecule has 0 aliphatic heterocycles. The third-order valence-corrected chi connectivity index (χ3v) is 3.11. The zero-order valence-corrected chi connectivity index (χ0v) is 9.21. The highest BCUT2D eigenvalue weighted by Gasteiger charge is 2.19. The lowest BCUT2D eigenvalue weighted by Crippen LogP contribution is -1.96. The van der Waals surface area contributed by atoms with E-state index in [-0.39, 0.29) is 11.3 Å². The highest BCUT2D eigenvalue weighted by Crippen LogP contribution is 2.32. The highest BCUT2D eigenvalue weighted by molar-refractivity contribution is 7.14. The molecule has 0 saturated carbocycles. The van der Waals surface area contributed by atoms with Gasteiger partial charge in [-0.1, -0.05) is 0 Å². The molecule has 16 heavy (non-hydrogen) atoms. The summed E-state index contributed by atoms with van der Waals surface area (Å²) in [4.78, 5) is 23.2. The molecule has 2 aromatic heterocycles. The van der Waals surface area contributed by atoms with E-state index in [2.05, 4.69) is 0 Å². The van der Waals surface area contributed by atoms with Crippen LogP contribution in [0, 0.1) is 6.92 Å². The van der Waals surface area contributed by atoms with E-state index in [0.717, 1.165) is 4.88 Å². The normalized spacial score (nSPS) is 10.3. The molecule has 82 valence electrons. The molecule has 0 aromatic carbocycles. The molecule has 0 fully saturated rings. The molecule has 5 heteroatoms. The molecule has 0 aliphatic carbocycles. The number of carboxylic acid groups (broad SMARTS) is 1. The number of carboxylic acids is 1. The van der Waals surface area contributed by atoms with E-state index < -0.39 is 5.97 Å². The van der Waals surface area contributed by atoms with Crippen molar-refractivity contribution in [2.45, 2.75) is 6.92 Å². The fraction of sp³-hybridized carbons (Fsp3) is 0.0909. The number of aromatic carboxylic acids is 1. The van der Waals surface area contributed by atoms with Crippen molar-refractivity contribution in [3.8, 4) is 11.3 Å². The molecular weight excluding hydrogens is 228 g/mol. The Balaban J connectivity index is 2.62. The van der Waals surface area contributed by atoms with Gasteiger partial charge >= 0.3 is 5.97 Å². The first-order valence-electron chi connectivity index (χ1n) is 4.50. The number of carbonyl (C=O) groups is 2. The molecule has 0 amide bonds. The minimum absolute atomic E-state index is 0.0703. The number of hydrogen-bond acceptors (Lipinski definition) is 4. The SMILES string of the molecule is Cc1cc(-c2occc2C(=O)O)c(C=O)s1. The first kappa shape index (κ1) is 10.6. The fourth-order valence-corrected chi connectivity index (χ4v) is 2.32. The predicted molar refractivity (Wildman–Crippen MR) is 59.1 cm³/mol. The standard InChI is InChI=1S/C11H8O4S/c1-6-4-8(9(5-12)16-6)10-7(11(13)14)2-3-15-10/h2-5H,1H3,(H,13,14). The van der Waals surface area contributed by atoms with Crippen LogP contribution in [0.2, 0.25) is 0 Å². The first-order valence-corrected chi connectivity index (χ1v) is 5.32. The minimum Gasteiger partial charge on any atom is -0.478 e. The van der Waals surface area contributed by atoms with Crippen molar-refractivity contribution < 1.29 is 19.1 Å². The Morgan fingerprint density at radius 2 is 2.31 bits per heavy atom. The van der Waals surface area contributed by atoms with E-state index in [4.69, 9.17) is 9.52 Å². The molecule has 2 heterocycles. The average molecular weight is 236 g/mol. The van der Waals surface area contributed by atoms with Gasteiger partial charge in [-0.25, -0.2) is 4.79 Å². The van der Waals surface area contributed by atoms with Crippen LogP contribution in [-0.4, -0.2) is 17.4 Å². The zero-order valence-electron chi connectivity index (χ0n) is 8.39. The van der Waals surface area contributed by atoms with Crippen molar-refractivity contribution in [1.82, 2.24) is 0 Å². The Kier molecular flexibility index (Phi) is 2.62. The Bertz CT molecular complexity index is 550. The van der Waals surface area contributed by atoms with E-state index in [0.29, 0.717) is 16.7 Å². The van der Waals surface area contributed by atoms with Crippen LogP contribution in [0.25, 0.3) is 11.3 Å². The van der Waals surface area contributed by atoms with Crippen molar-refractivity contribution in [3.05, 3.63) is 33.7 Å². The number of hydrogen-bond donors (Lipinski definition) is 1. The Hall–Kier alpha value is -1.88. The lowest BCUT2D eigenvalue weighted by Gasteiger charge is -1.96. The van der Waals surface area contributed by atoms with Crippen LogP contribution in [-0.2, 0) is 0 Å². The molecule has 4 nitrogen and oxygen atoms in total. The van der Waals surface area contributed by atoms with E-state index >= 15 is 0 Å². The smallest absolute Gasteiger partial charge is 0.339 e. The van der Waals surface area contributed by atoms with E-state index in [1.807, 2.05) is 6.92 Å². The molecule has 2 rings (SSSR count). The van der Waals surface area contributed by atoms with Crippen LogP contribution in [0.5, 0.6) is 0 Å². The van der Waals surface area contributed by atoms with E-state index in [9.17, 15) is 9.59 Å². The predicted octanol–water partition coefficient (Wildman–Crippen LogP) is 2.83. The van der Waals surface area contributed by atoms with Gasteiger partial charge in [0.15, 0.2) is 6.29 Å². The quantitative estimate of drug-likeness (QED) is 0.832. The van der Waals surface area contributed by atoms with Gasteiger partial charge in [0.25, 0.3) is 0 Å². The maximum absolute atomic E-state index is 10.9. The summed E-state index contributed by atoms with van der Waals surface area (Å²) in [6.07, 6.45) is 2.02. The fourth-order valence-electron chi connectivity index (χ4n) is 1.48. The molecule has 2 aromatic rings. The number of aryl methyl sites for hydroxylation is 1. The van der Waals surface area contributed by atoms with Gasteiger partial charge in [0, 0.05) is 10.4 Å². The van der Waals surface area contributed by atoms with Crippen molar-refractivity contribution >= 4 is 23.6 Å². The summed E-state index contributed by atoms with van der Waals surface area (Å²) in [5, 5.41) is 8.94. The summed E-state index contributed by atoms with van der Waals surface area (Å²) in [5.41, 5.74) is 0.612. The summed E-state index contributed by atoms with van der Waals surface area (Å²) in [7, 11) is 0. The van der Waals surface area contributed by atoms with E-state index in [1.54, 1.807) is 6.07 Å². The van der Waals surface area contributed by atoms with Gasteiger partial charge in [-0.05, 0) is 19.1 Å². The third-order valence-electron chi connectivity index (χ3n) is 2.13. The largest absolute Gasteiger partial charge is 0.478 e. The number of rotatable bonds is 3. The van der Waals surface area contributed by atoms with Crippen molar-refractivity contribution in [2.24, 2.45) is 0 Å². The second-order valence-electron chi connectivity index (χ2n) is 3.22. The lowest BCUT2D eigenvalue weighted by molar-refractivity contribution is 0.0697. The number of furan rings is 1. The van der Waals surface area contributed by atoms with Crippen LogP contribution in [0.4, 0.5) is 0 Å². The molecule has 0 saturated heterocycles. The van der Waals surface area contributed by atoms with Crippen LogP contribution in [0.1, 0.15) is 24.9 Å². The highest BCUT2D eigenvalue weighted by atomic mass is 32.1. The number of thiophene rings is 1. The van der Waals surface area contributed by atoms with Gasteiger partial charge in [0.1, 0.15) is 11.3 Å². The van der Waals surface area contributed by atoms with Crippen LogP contribution in [0.15, 0.2) is 22.8 Å². The monoisotopic (exact) mass is 236 g/mol. The Labute approximate surface area is 95.1 Å². The van der Waals surface area contributed by atoms with Crippen molar-refractivity contribution in [1.29, 1.82) is 0 Å². The molecule has 0 bridgehead atoms. The summed E-state index contributed by atoms with van der Waals surface area (Å²) in [6, 6.07) is 3.12. The number of carbonyl (C=O) groups excluding carboxylic acids is 1. The Morgan fingerprint density at radius 3 is 2.94 bits per heavy atom. The zero-order chi connectivity index (χ0) is 11.7. The first-order chi connectivity index (χ1) is 7.63. The third kappa shape index (κ3) is 1.65. The van der Waals surface area contributed by atoms with Gasteiger partial charge in [-0.2, -0.15) is 0 Å². The molecule has 0 unspecified atom stereocenters. The van der Waals surface area contributed by atoms with Crippen molar-refractivity contribution in [2.75, 3.05) is 0 Å². The lowest BCUT2D eigenvalue weighted by atomic mass is 10.1. The average Bonchev–Trinajstić information content (AvgIpc) is 2.82. The molecule has 0 radical (unpaired) electrons. The summed E-state index contributed by atoms with van der Waals surface area (Å²) in [5.74, 6) is -0.830. The Morgan fingerprint density at radius 1 is 1.56 bits per heavy atom. The molecular formula is C11H8O4S. The topological polar surface area (TPSA) is 67.5 Å². The summed E-state index contributed by atoms with van der Waals surface area (Å²) in [6.45, 7) is 1.85. The molecule has 0 spiro atoms. The number of aldehydes is 1. The van der Waals surface area contributed by atoms with Crippen molar-refractivity contribution in [3.63, 3.8) is 0 Å². The van der Waals surface area contributed by atoms with E-state index in [1.165, 1.54) is 23.7 Å². The van der Waals surface area contributed by atoms with Gasteiger partial charge in [0.05, 0.1) is 11.1 Å². The minimum atomic E-state index is -1.07. The van der Waals surface area contributed by atoms with Crippen LogP contribution in [0.3, 0.4) is 0 Å². The second-order valence-corrected chi connectivity index (χ2v) is 4.51.